The molecule has 0 spiro atoms. The third-order valence-electron chi connectivity index (χ3n) is 2.82. The van der Waals surface area contributed by atoms with E-state index in [0.29, 0.717) is 6.54 Å². The topological polar surface area (TPSA) is 60.9 Å². The molecule has 1 heterocycles. The summed E-state index contributed by atoms with van der Waals surface area (Å²) in [7, 11) is 1.50. The van der Waals surface area contributed by atoms with Crippen LogP contribution in [0.3, 0.4) is 0 Å². The second-order valence-electron chi connectivity index (χ2n) is 4.06. The van der Waals surface area contributed by atoms with E-state index in [-0.39, 0.29) is 12.6 Å². The van der Waals surface area contributed by atoms with Gasteiger partial charge in [0, 0.05) is 19.3 Å². The summed E-state index contributed by atoms with van der Waals surface area (Å²) in [6, 6.07) is 7.42. The van der Waals surface area contributed by atoms with Gasteiger partial charge in [0.05, 0.1) is 0 Å². The van der Waals surface area contributed by atoms with E-state index in [2.05, 4.69) is 0 Å². The van der Waals surface area contributed by atoms with Crippen molar-refractivity contribution in [3.05, 3.63) is 29.8 Å². The van der Waals surface area contributed by atoms with Gasteiger partial charge in [-0.2, -0.15) is 0 Å². The summed E-state index contributed by atoms with van der Waals surface area (Å²) >= 11 is 0. The van der Waals surface area contributed by atoms with Gasteiger partial charge < -0.3 is 10.0 Å². The van der Waals surface area contributed by atoms with E-state index in [1.807, 2.05) is 24.3 Å². The van der Waals surface area contributed by atoms with Gasteiger partial charge in [0.2, 0.25) is 0 Å². The van der Waals surface area contributed by atoms with E-state index in [1.54, 1.807) is 4.90 Å². The second kappa shape index (κ2) is 4.45. The first-order chi connectivity index (χ1) is 8.09. The Hall–Kier alpha value is -2.04. The molecule has 90 valence electrons. The zero-order chi connectivity index (χ0) is 12.4. The fraction of sp³-hybridized carbons (Fsp3) is 0.333. The average molecular weight is 234 g/mol. The number of amides is 2. The van der Waals surface area contributed by atoms with Gasteiger partial charge in [-0.25, -0.2) is 4.79 Å². The molecule has 1 aromatic carbocycles. The highest BCUT2D eigenvalue weighted by molar-refractivity contribution is 5.95. The number of urea groups is 1. The Balaban J connectivity index is 2.15. The molecule has 0 radical (unpaired) electrons. The lowest BCUT2D eigenvalue weighted by atomic mass is 10.2. The minimum Gasteiger partial charge on any atom is -0.480 e. The maximum absolute atomic E-state index is 12.0. The van der Waals surface area contributed by atoms with Crippen LogP contribution in [-0.2, 0) is 11.2 Å². The van der Waals surface area contributed by atoms with Crippen LogP contribution in [-0.4, -0.2) is 42.1 Å². The van der Waals surface area contributed by atoms with Crippen LogP contribution in [0.4, 0.5) is 10.5 Å². The number of hydrogen-bond acceptors (Lipinski definition) is 2. The predicted octanol–water partition coefficient (Wildman–Crippen LogP) is 1.19. The Morgan fingerprint density at radius 3 is 2.82 bits per heavy atom. The Labute approximate surface area is 99.3 Å². The summed E-state index contributed by atoms with van der Waals surface area (Å²) in [6.07, 6.45) is 0.822. The summed E-state index contributed by atoms with van der Waals surface area (Å²) in [5, 5.41) is 8.66. The van der Waals surface area contributed by atoms with Crippen molar-refractivity contribution in [2.24, 2.45) is 0 Å². The van der Waals surface area contributed by atoms with Crippen LogP contribution in [0, 0.1) is 0 Å². The van der Waals surface area contributed by atoms with Crippen molar-refractivity contribution in [1.82, 2.24) is 4.90 Å². The van der Waals surface area contributed by atoms with Crippen LogP contribution in [0.25, 0.3) is 0 Å². The van der Waals surface area contributed by atoms with Crippen LogP contribution >= 0.6 is 0 Å². The molecule has 2 rings (SSSR count). The summed E-state index contributed by atoms with van der Waals surface area (Å²) in [5.74, 6) is -1.01. The standard InChI is InChI=1S/C12H14N2O3/c1-13(8-11(15)16)12(17)14-7-6-9-4-2-3-5-10(9)14/h2-5H,6-8H2,1H3,(H,15,16). The van der Waals surface area contributed by atoms with Gasteiger partial charge in [-0.05, 0) is 18.1 Å². The Morgan fingerprint density at radius 2 is 2.12 bits per heavy atom. The maximum Gasteiger partial charge on any atom is 0.324 e. The van der Waals surface area contributed by atoms with Crippen molar-refractivity contribution >= 4 is 17.7 Å². The number of carboxylic acid groups (broad SMARTS) is 1. The molecule has 17 heavy (non-hydrogen) atoms. The van der Waals surface area contributed by atoms with Crippen molar-refractivity contribution in [3.8, 4) is 0 Å². The molecule has 0 aliphatic carbocycles. The average Bonchev–Trinajstić information content (AvgIpc) is 2.70. The molecule has 1 aliphatic heterocycles. The number of para-hydroxylation sites is 1. The molecule has 0 bridgehead atoms. The van der Waals surface area contributed by atoms with Crippen molar-refractivity contribution in [2.75, 3.05) is 25.0 Å². The van der Waals surface area contributed by atoms with E-state index in [1.165, 1.54) is 11.9 Å². The third-order valence-corrected chi connectivity index (χ3v) is 2.82. The van der Waals surface area contributed by atoms with Crippen molar-refractivity contribution in [2.45, 2.75) is 6.42 Å². The number of rotatable bonds is 2. The molecule has 0 saturated carbocycles. The Kier molecular flexibility index (Phi) is 2.99. The van der Waals surface area contributed by atoms with Crippen LogP contribution in [0.1, 0.15) is 5.56 Å². The van der Waals surface area contributed by atoms with Crippen LogP contribution in [0.2, 0.25) is 0 Å². The number of fused-ring (bicyclic) bond motifs is 1. The first-order valence-corrected chi connectivity index (χ1v) is 5.42. The maximum atomic E-state index is 12.0. The van der Waals surface area contributed by atoms with E-state index in [9.17, 15) is 9.59 Å². The molecule has 1 aromatic rings. The zero-order valence-corrected chi connectivity index (χ0v) is 9.59. The molecule has 1 N–H and O–H groups in total. The lowest BCUT2D eigenvalue weighted by Crippen LogP contribution is -2.42. The number of anilines is 1. The molecular formula is C12H14N2O3. The van der Waals surface area contributed by atoms with Crippen molar-refractivity contribution in [3.63, 3.8) is 0 Å². The number of hydrogen-bond donors (Lipinski definition) is 1. The Bertz CT molecular complexity index is 459. The van der Waals surface area contributed by atoms with Gasteiger partial charge in [-0.15, -0.1) is 0 Å². The Morgan fingerprint density at radius 1 is 1.41 bits per heavy atom. The summed E-state index contributed by atoms with van der Waals surface area (Å²) in [4.78, 5) is 25.4. The quantitative estimate of drug-likeness (QED) is 0.836. The molecule has 2 amide bonds. The molecule has 0 aromatic heterocycles. The molecule has 0 saturated heterocycles. The van der Waals surface area contributed by atoms with Gasteiger partial charge >= 0.3 is 12.0 Å². The fourth-order valence-electron chi connectivity index (χ4n) is 2.01. The number of carbonyl (C=O) groups is 2. The number of carboxylic acids is 1. The fourth-order valence-corrected chi connectivity index (χ4v) is 2.01. The SMILES string of the molecule is CN(CC(=O)O)C(=O)N1CCc2ccccc21. The van der Waals surface area contributed by atoms with E-state index in [0.717, 1.165) is 17.7 Å². The van der Waals surface area contributed by atoms with Gasteiger partial charge in [0.1, 0.15) is 6.54 Å². The zero-order valence-electron chi connectivity index (χ0n) is 9.59. The number of aliphatic carboxylic acids is 1. The highest BCUT2D eigenvalue weighted by atomic mass is 16.4. The second-order valence-corrected chi connectivity index (χ2v) is 4.06. The molecule has 5 nitrogen and oxygen atoms in total. The molecule has 1 aliphatic rings. The van der Waals surface area contributed by atoms with Crippen LogP contribution < -0.4 is 4.90 Å². The third kappa shape index (κ3) is 2.22. The monoisotopic (exact) mass is 234 g/mol. The van der Waals surface area contributed by atoms with Crippen LogP contribution in [0.5, 0.6) is 0 Å². The lowest BCUT2D eigenvalue weighted by Gasteiger charge is -2.23. The molecule has 0 fully saturated rings. The molecule has 0 atom stereocenters. The van der Waals surface area contributed by atoms with Crippen molar-refractivity contribution in [1.29, 1.82) is 0 Å². The smallest absolute Gasteiger partial charge is 0.324 e. The van der Waals surface area contributed by atoms with E-state index >= 15 is 0 Å². The normalized spacial score (nSPS) is 13.4. The summed E-state index contributed by atoms with van der Waals surface area (Å²) in [6.45, 7) is 0.333. The van der Waals surface area contributed by atoms with Crippen molar-refractivity contribution < 1.29 is 14.7 Å². The summed E-state index contributed by atoms with van der Waals surface area (Å²) < 4.78 is 0. The highest BCUT2D eigenvalue weighted by Gasteiger charge is 2.27. The van der Waals surface area contributed by atoms with Gasteiger partial charge in [0.25, 0.3) is 0 Å². The van der Waals surface area contributed by atoms with Crippen LogP contribution in [0.15, 0.2) is 24.3 Å². The number of benzene rings is 1. The lowest BCUT2D eigenvalue weighted by molar-refractivity contribution is -0.137. The predicted molar refractivity (Wildman–Crippen MR) is 63.2 cm³/mol. The number of likely N-dealkylation sites (N-methyl/N-ethyl adjacent to an activating group) is 1. The summed E-state index contributed by atoms with van der Waals surface area (Å²) in [5.41, 5.74) is 2.01. The first kappa shape index (κ1) is 11.4. The minimum atomic E-state index is -1.01. The molecule has 0 unspecified atom stereocenters. The highest BCUT2D eigenvalue weighted by Crippen LogP contribution is 2.27. The van der Waals surface area contributed by atoms with E-state index in [4.69, 9.17) is 5.11 Å². The molecule has 5 heteroatoms. The minimum absolute atomic E-state index is 0.266. The largest absolute Gasteiger partial charge is 0.480 e. The number of nitrogens with zero attached hydrogens (tertiary/aromatic N) is 2. The number of carbonyl (C=O) groups excluding carboxylic acids is 1. The van der Waals surface area contributed by atoms with Gasteiger partial charge in [0.15, 0.2) is 0 Å². The molecular weight excluding hydrogens is 220 g/mol. The van der Waals surface area contributed by atoms with Gasteiger partial charge in [-0.1, -0.05) is 18.2 Å². The first-order valence-electron chi connectivity index (χ1n) is 5.42. The van der Waals surface area contributed by atoms with E-state index < -0.39 is 5.97 Å². The van der Waals surface area contributed by atoms with Gasteiger partial charge in [-0.3, -0.25) is 9.69 Å².